The van der Waals surface area contributed by atoms with Gasteiger partial charge in [0.15, 0.2) is 11.4 Å². The third-order valence-corrected chi connectivity index (χ3v) is 15.2. The predicted molar refractivity (Wildman–Crippen MR) is 258 cm³/mol. The van der Waals surface area contributed by atoms with Crippen LogP contribution in [-0.2, 0) is 14.8 Å². The van der Waals surface area contributed by atoms with Crippen LogP contribution in [-0.4, -0.2) is 103 Å². The van der Waals surface area contributed by atoms with Gasteiger partial charge in [0.1, 0.15) is 23.8 Å². The van der Waals surface area contributed by atoms with Crippen LogP contribution in [0, 0.1) is 21.4 Å². The third kappa shape index (κ3) is 10.4. The van der Waals surface area contributed by atoms with Crippen LogP contribution in [0.15, 0.2) is 89.6 Å². The standard InChI is InChI=1S/C49H55ClN8O8S/c1-31(59)56-16-12-32(13-17-56)22-37-30-65-45-26-40(25-43(58(61)62)46(45)53-37)67(63,64)54-48(60)41-9-8-38(24-44(41)66-39-23-34-11-15-51-47(34)52-28-39)57-20-18-55(19-21-57)29-35-10-14-49(2,3)27-42(35)33-4-6-36(50)7-5-33/h4-9,11,15,23-26,28,32,37,53H,10,12-14,16-22,27,29-30H2,1-3H3,(H,51,52)(H,54,60)/t37-/m0/s1. The van der Waals surface area contributed by atoms with Crippen LogP contribution in [0.5, 0.6) is 17.2 Å². The van der Waals surface area contributed by atoms with Gasteiger partial charge in [0.2, 0.25) is 5.91 Å². The topological polar surface area (TPSA) is 192 Å². The number of nitro groups is 1. The van der Waals surface area contributed by atoms with Gasteiger partial charge in [-0.25, -0.2) is 18.1 Å². The summed E-state index contributed by atoms with van der Waals surface area (Å²) in [4.78, 5) is 51.1. The minimum Gasteiger partial charge on any atom is -0.489 e. The van der Waals surface area contributed by atoms with E-state index in [2.05, 4.69) is 55.8 Å². The molecule has 1 atom stereocenters. The van der Waals surface area contributed by atoms with E-state index in [1.54, 1.807) is 31.3 Å². The molecule has 18 heteroatoms. The van der Waals surface area contributed by atoms with Crippen molar-refractivity contribution in [3.8, 4) is 17.2 Å². The Labute approximate surface area is 394 Å². The number of halogens is 1. The Bertz CT molecular complexity index is 2850. The van der Waals surface area contributed by atoms with E-state index in [4.69, 9.17) is 21.1 Å². The highest BCUT2D eigenvalue weighted by atomic mass is 35.5. The smallest absolute Gasteiger partial charge is 0.297 e. The van der Waals surface area contributed by atoms with Gasteiger partial charge in [-0.2, -0.15) is 0 Å². The number of carbonyl (C=O) groups is 2. The predicted octanol–water partition coefficient (Wildman–Crippen LogP) is 8.64. The number of anilines is 2. The molecule has 9 rings (SSSR count). The molecule has 16 nitrogen and oxygen atoms in total. The molecule has 2 saturated heterocycles. The molecule has 3 aromatic carbocycles. The van der Waals surface area contributed by atoms with E-state index in [0.717, 1.165) is 73.9 Å². The zero-order valence-corrected chi connectivity index (χ0v) is 39.4. The van der Waals surface area contributed by atoms with Gasteiger partial charge in [-0.1, -0.05) is 43.2 Å². The molecular weight excluding hydrogens is 896 g/mol. The first-order valence-electron chi connectivity index (χ1n) is 22.8. The molecule has 0 saturated carbocycles. The number of likely N-dealkylation sites (tertiary alicyclic amines) is 1. The van der Waals surface area contributed by atoms with Crippen LogP contribution in [0.25, 0.3) is 16.6 Å². The number of nitro benzene ring substituents is 1. The lowest BCUT2D eigenvalue weighted by Gasteiger charge is -2.39. The number of nitrogens with zero attached hydrogens (tertiary/aromatic N) is 5. The van der Waals surface area contributed by atoms with Crippen molar-refractivity contribution >= 4 is 67.1 Å². The maximum Gasteiger partial charge on any atom is 0.297 e. The molecule has 5 aromatic rings. The summed E-state index contributed by atoms with van der Waals surface area (Å²) in [7, 11) is -4.68. The van der Waals surface area contributed by atoms with Crippen LogP contribution in [0.2, 0.25) is 5.02 Å². The fourth-order valence-corrected chi connectivity index (χ4v) is 10.9. The number of aromatic nitrogens is 2. The minimum atomic E-state index is -4.68. The van der Waals surface area contributed by atoms with Gasteiger partial charge in [-0.3, -0.25) is 24.6 Å². The van der Waals surface area contributed by atoms with Crippen molar-refractivity contribution in [2.75, 3.05) is 62.6 Å². The summed E-state index contributed by atoms with van der Waals surface area (Å²) in [6, 6.07) is 18.7. The van der Waals surface area contributed by atoms with Crippen molar-refractivity contribution in [2.24, 2.45) is 11.3 Å². The fraction of sp³-hybridized carbons (Fsp3) is 0.408. The molecule has 0 radical (unpaired) electrons. The first kappa shape index (κ1) is 46.0. The molecule has 5 heterocycles. The van der Waals surface area contributed by atoms with E-state index in [-0.39, 0.29) is 52.6 Å². The van der Waals surface area contributed by atoms with Crippen LogP contribution >= 0.6 is 11.6 Å². The van der Waals surface area contributed by atoms with Gasteiger partial charge in [-0.15, -0.1) is 0 Å². The zero-order valence-electron chi connectivity index (χ0n) is 37.8. The summed E-state index contributed by atoms with van der Waals surface area (Å²) >= 11 is 6.25. The number of rotatable bonds is 12. The molecule has 3 N–H and O–H groups in total. The van der Waals surface area contributed by atoms with Crippen LogP contribution in [0.1, 0.15) is 75.2 Å². The Morgan fingerprint density at radius 1 is 1.01 bits per heavy atom. The average molecular weight is 952 g/mol. The van der Waals surface area contributed by atoms with Gasteiger partial charge in [0.25, 0.3) is 21.6 Å². The zero-order chi connectivity index (χ0) is 47.0. The molecule has 1 aliphatic carbocycles. The van der Waals surface area contributed by atoms with Crippen molar-refractivity contribution in [2.45, 2.75) is 70.2 Å². The van der Waals surface area contributed by atoms with E-state index in [1.165, 1.54) is 35.0 Å². The summed E-state index contributed by atoms with van der Waals surface area (Å²) in [5.74, 6) is -0.233. The largest absolute Gasteiger partial charge is 0.489 e. The number of ether oxygens (including phenoxy) is 2. The van der Waals surface area contributed by atoms with E-state index >= 15 is 0 Å². The summed E-state index contributed by atoms with van der Waals surface area (Å²) in [5.41, 5.74) is 5.25. The van der Waals surface area contributed by atoms with Crippen molar-refractivity contribution in [3.05, 3.63) is 111 Å². The lowest BCUT2D eigenvalue weighted by atomic mass is 9.72. The number of allylic oxidation sites excluding steroid dienone is 1. The number of nitrogens with one attached hydrogen (secondary N) is 3. The molecule has 2 amide bonds. The Morgan fingerprint density at radius 2 is 1.78 bits per heavy atom. The fourth-order valence-electron chi connectivity index (χ4n) is 9.80. The number of sulfonamides is 1. The van der Waals surface area contributed by atoms with Gasteiger partial charge in [0, 0.05) is 93.2 Å². The quantitative estimate of drug-likeness (QED) is 0.0798. The highest BCUT2D eigenvalue weighted by molar-refractivity contribution is 7.90. The molecule has 2 fully saturated rings. The Hall–Kier alpha value is -6.17. The number of H-pyrrole nitrogens is 1. The van der Waals surface area contributed by atoms with Crippen molar-refractivity contribution in [1.29, 1.82) is 0 Å². The van der Waals surface area contributed by atoms with E-state index in [1.807, 2.05) is 23.1 Å². The van der Waals surface area contributed by atoms with Crippen molar-refractivity contribution < 1.29 is 32.4 Å². The van der Waals surface area contributed by atoms with Crippen LogP contribution in [0.3, 0.4) is 0 Å². The van der Waals surface area contributed by atoms with Crippen molar-refractivity contribution in [1.82, 2.24) is 24.5 Å². The maximum atomic E-state index is 14.1. The number of carbonyl (C=O) groups excluding carboxylic acids is 2. The Balaban J connectivity index is 0.922. The normalized spacial score (nSPS) is 19.1. The number of aromatic amines is 1. The second kappa shape index (κ2) is 18.8. The average Bonchev–Trinajstić information content (AvgIpc) is 3.78. The molecule has 3 aliphatic heterocycles. The molecule has 0 spiro atoms. The first-order valence-corrected chi connectivity index (χ1v) is 24.7. The monoisotopic (exact) mass is 950 g/mol. The summed E-state index contributed by atoms with van der Waals surface area (Å²) in [6.07, 6.45) is 8.71. The molecule has 4 aliphatic rings. The summed E-state index contributed by atoms with van der Waals surface area (Å²) in [5, 5.41) is 17.1. The Kier molecular flexibility index (Phi) is 12.9. The van der Waals surface area contributed by atoms with E-state index < -0.39 is 31.4 Å². The second-order valence-corrected chi connectivity index (χ2v) is 21.0. The van der Waals surface area contributed by atoms with E-state index in [0.29, 0.717) is 44.0 Å². The molecule has 0 bridgehead atoms. The molecule has 2 aromatic heterocycles. The lowest BCUT2D eigenvalue weighted by Crippen LogP contribution is -2.47. The van der Waals surface area contributed by atoms with Gasteiger partial charge in [-0.05, 0) is 97.4 Å². The molecule has 352 valence electrons. The molecular formula is C49H55ClN8O8S. The molecule has 0 unspecified atom stereocenters. The summed E-state index contributed by atoms with van der Waals surface area (Å²) in [6.45, 7) is 11.6. The van der Waals surface area contributed by atoms with Gasteiger partial charge in [0.05, 0.1) is 27.6 Å². The van der Waals surface area contributed by atoms with Gasteiger partial charge >= 0.3 is 0 Å². The number of amides is 2. The first-order chi connectivity index (χ1) is 32.1. The number of hydrogen-bond acceptors (Lipinski definition) is 12. The highest BCUT2D eigenvalue weighted by Crippen LogP contribution is 2.44. The number of fused-ring (bicyclic) bond motifs is 2. The van der Waals surface area contributed by atoms with Crippen LogP contribution in [0.4, 0.5) is 17.1 Å². The SMILES string of the molecule is CC(=O)N1CCC(C[C@H]2COc3cc(S(=O)(=O)NC(=O)c4ccc(N5CCN(CC6=C(c7ccc(Cl)cc7)CC(C)(C)CC6)CC5)cc4Oc4cnc5[nH]ccc5c4)cc([N+](=O)[O-])c3N2)CC1. The minimum absolute atomic E-state index is 0.00722. The number of benzene rings is 3. The third-order valence-electron chi connectivity index (χ3n) is 13.6. The molecule has 67 heavy (non-hydrogen) atoms. The van der Waals surface area contributed by atoms with Crippen LogP contribution < -0.4 is 24.4 Å². The highest BCUT2D eigenvalue weighted by Gasteiger charge is 2.34. The Morgan fingerprint density at radius 3 is 2.51 bits per heavy atom. The second-order valence-electron chi connectivity index (χ2n) is 18.9. The lowest BCUT2D eigenvalue weighted by molar-refractivity contribution is -0.384. The maximum absolute atomic E-state index is 14.1. The number of hydrogen-bond donors (Lipinski definition) is 3. The van der Waals surface area contributed by atoms with Crippen molar-refractivity contribution in [3.63, 3.8) is 0 Å². The van der Waals surface area contributed by atoms with Gasteiger partial charge < -0.3 is 29.6 Å². The summed E-state index contributed by atoms with van der Waals surface area (Å²) < 4.78 is 42.4. The van der Waals surface area contributed by atoms with E-state index in [9.17, 15) is 28.1 Å². The number of piperazine rings is 1. The number of pyridine rings is 1. The number of piperidine rings is 1.